The van der Waals surface area contributed by atoms with Crippen molar-refractivity contribution in [2.24, 2.45) is 0 Å². The Morgan fingerprint density at radius 1 is 1.41 bits per heavy atom. The van der Waals surface area contributed by atoms with E-state index in [0.29, 0.717) is 21.3 Å². The van der Waals surface area contributed by atoms with Crippen molar-refractivity contribution in [2.45, 2.75) is 6.92 Å². The van der Waals surface area contributed by atoms with Crippen LogP contribution in [0.25, 0.3) is 0 Å². The summed E-state index contributed by atoms with van der Waals surface area (Å²) in [5.74, 6) is 0.577. The predicted molar refractivity (Wildman–Crippen MR) is 72.5 cm³/mol. The average molecular weight is 368 g/mol. The first-order chi connectivity index (χ1) is 8.06. The molecule has 0 radical (unpaired) electrons. The fourth-order valence-corrected chi connectivity index (χ4v) is 2.58. The average Bonchev–Trinajstić information content (AvgIpc) is 2.26. The molecule has 17 heavy (non-hydrogen) atoms. The quantitative estimate of drug-likeness (QED) is 0.476. The van der Waals surface area contributed by atoms with E-state index in [1.54, 1.807) is 0 Å². The summed E-state index contributed by atoms with van der Waals surface area (Å²) in [6.45, 7) is 4.12. The summed E-state index contributed by atoms with van der Waals surface area (Å²) in [4.78, 5) is 10.2. The molecule has 94 valence electrons. The fraction of sp³-hybridized carbons (Fsp3) is 0.400. The molecule has 1 aromatic rings. The number of non-ortho nitro benzene ring substituents is 1. The highest BCUT2D eigenvalue weighted by Gasteiger charge is 2.14. The first-order valence-electron chi connectivity index (χ1n) is 5.03. The Labute approximate surface area is 116 Å². The summed E-state index contributed by atoms with van der Waals surface area (Å²) in [7, 11) is 0. The van der Waals surface area contributed by atoms with Crippen molar-refractivity contribution in [3.8, 4) is 5.75 Å². The van der Waals surface area contributed by atoms with Gasteiger partial charge in [0.25, 0.3) is 5.69 Å². The first kappa shape index (κ1) is 14.4. The molecule has 0 atom stereocenters. The summed E-state index contributed by atoms with van der Waals surface area (Å²) in [6, 6.07) is 2.85. The third-order valence-corrected chi connectivity index (χ3v) is 3.15. The van der Waals surface area contributed by atoms with Crippen molar-refractivity contribution in [3.63, 3.8) is 0 Å². The zero-order chi connectivity index (χ0) is 12.8. The molecule has 1 N–H and O–H groups in total. The third kappa shape index (κ3) is 4.25. The fourth-order valence-electron chi connectivity index (χ4n) is 1.19. The van der Waals surface area contributed by atoms with Crippen LogP contribution < -0.4 is 10.1 Å². The lowest BCUT2D eigenvalue weighted by atomic mass is 10.3. The normalized spacial score (nSPS) is 10.3. The Balaban J connectivity index is 2.76. The van der Waals surface area contributed by atoms with Gasteiger partial charge in [0.15, 0.2) is 0 Å². The Hall–Kier alpha value is -0.660. The van der Waals surface area contributed by atoms with Crippen LogP contribution in [0.2, 0.25) is 0 Å². The van der Waals surface area contributed by atoms with Crippen LogP contribution in [0.5, 0.6) is 5.75 Å². The van der Waals surface area contributed by atoms with E-state index in [2.05, 4.69) is 37.2 Å². The van der Waals surface area contributed by atoms with Crippen LogP contribution in [-0.2, 0) is 0 Å². The molecule has 0 bridgehead atoms. The van der Waals surface area contributed by atoms with Crippen molar-refractivity contribution >= 4 is 37.5 Å². The van der Waals surface area contributed by atoms with E-state index in [1.807, 2.05) is 6.92 Å². The second-order valence-corrected chi connectivity index (χ2v) is 4.91. The lowest BCUT2D eigenvalue weighted by Crippen LogP contribution is -2.20. The number of benzene rings is 1. The highest BCUT2D eigenvalue weighted by Crippen LogP contribution is 2.37. The highest BCUT2D eigenvalue weighted by atomic mass is 79.9. The van der Waals surface area contributed by atoms with Gasteiger partial charge in [0.05, 0.1) is 13.9 Å². The summed E-state index contributed by atoms with van der Waals surface area (Å²) in [6.07, 6.45) is 0. The van der Waals surface area contributed by atoms with E-state index in [9.17, 15) is 10.1 Å². The molecule has 0 amide bonds. The van der Waals surface area contributed by atoms with Crippen molar-refractivity contribution < 1.29 is 9.66 Å². The second kappa shape index (κ2) is 6.93. The van der Waals surface area contributed by atoms with Gasteiger partial charge in [-0.1, -0.05) is 6.92 Å². The Morgan fingerprint density at radius 2 is 2.00 bits per heavy atom. The van der Waals surface area contributed by atoms with Crippen LogP contribution in [0.15, 0.2) is 21.1 Å². The smallest absolute Gasteiger partial charge is 0.271 e. The molecule has 0 aliphatic carbocycles. The zero-order valence-corrected chi connectivity index (χ0v) is 12.4. The number of nitro benzene ring substituents is 1. The summed E-state index contributed by atoms with van der Waals surface area (Å²) < 4.78 is 6.66. The van der Waals surface area contributed by atoms with Crippen LogP contribution in [0.1, 0.15) is 6.92 Å². The number of hydrogen-bond donors (Lipinski definition) is 1. The number of hydrogen-bond acceptors (Lipinski definition) is 4. The van der Waals surface area contributed by atoms with Gasteiger partial charge >= 0.3 is 0 Å². The number of nitro groups is 1. The highest BCUT2D eigenvalue weighted by molar-refractivity contribution is 9.11. The van der Waals surface area contributed by atoms with Gasteiger partial charge in [-0.3, -0.25) is 10.1 Å². The SMILES string of the molecule is CCNCCOc1c(Br)cc([N+](=O)[O-])cc1Br. The van der Waals surface area contributed by atoms with Crippen LogP contribution in [0, 0.1) is 10.1 Å². The molecule has 0 aliphatic heterocycles. The molecule has 0 unspecified atom stereocenters. The minimum absolute atomic E-state index is 0.0165. The number of nitrogens with zero attached hydrogens (tertiary/aromatic N) is 1. The molecular formula is C10H12Br2N2O3. The molecule has 7 heteroatoms. The van der Waals surface area contributed by atoms with Crippen molar-refractivity contribution in [3.05, 3.63) is 31.2 Å². The molecule has 1 rings (SSSR count). The number of halogens is 2. The van der Waals surface area contributed by atoms with Gasteiger partial charge in [-0.15, -0.1) is 0 Å². The number of likely N-dealkylation sites (N-methyl/N-ethyl adjacent to an activating group) is 1. The maximum absolute atomic E-state index is 10.6. The Bertz CT molecular complexity index is 390. The first-order valence-corrected chi connectivity index (χ1v) is 6.61. The van der Waals surface area contributed by atoms with Crippen molar-refractivity contribution in [1.82, 2.24) is 5.32 Å². The second-order valence-electron chi connectivity index (χ2n) is 3.20. The van der Waals surface area contributed by atoms with E-state index >= 15 is 0 Å². The molecule has 5 nitrogen and oxygen atoms in total. The number of nitrogens with one attached hydrogen (secondary N) is 1. The molecule has 0 aromatic heterocycles. The van der Waals surface area contributed by atoms with Gasteiger partial charge in [-0.05, 0) is 38.4 Å². The van der Waals surface area contributed by atoms with Crippen LogP contribution in [0.3, 0.4) is 0 Å². The Kier molecular flexibility index (Phi) is 5.87. The summed E-state index contributed by atoms with van der Waals surface area (Å²) >= 11 is 6.51. The van der Waals surface area contributed by atoms with E-state index < -0.39 is 4.92 Å². The van der Waals surface area contributed by atoms with E-state index in [-0.39, 0.29) is 5.69 Å². The molecule has 0 saturated heterocycles. The maximum atomic E-state index is 10.6. The molecule has 0 heterocycles. The topological polar surface area (TPSA) is 64.4 Å². The van der Waals surface area contributed by atoms with E-state index in [0.717, 1.165) is 13.1 Å². The van der Waals surface area contributed by atoms with E-state index in [1.165, 1.54) is 12.1 Å². The van der Waals surface area contributed by atoms with Crippen LogP contribution >= 0.6 is 31.9 Å². The lowest BCUT2D eigenvalue weighted by molar-refractivity contribution is -0.385. The van der Waals surface area contributed by atoms with Crippen molar-refractivity contribution in [2.75, 3.05) is 19.7 Å². The molecule has 1 aromatic carbocycles. The van der Waals surface area contributed by atoms with E-state index in [4.69, 9.17) is 4.74 Å². The largest absolute Gasteiger partial charge is 0.490 e. The zero-order valence-electron chi connectivity index (χ0n) is 9.20. The molecule has 0 saturated carbocycles. The molecule has 0 spiro atoms. The maximum Gasteiger partial charge on any atom is 0.271 e. The third-order valence-electron chi connectivity index (χ3n) is 1.97. The number of ether oxygens (including phenoxy) is 1. The van der Waals surface area contributed by atoms with Gasteiger partial charge < -0.3 is 10.1 Å². The lowest BCUT2D eigenvalue weighted by Gasteiger charge is -2.10. The van der Waals surface area contributed by atoms with Crippen LogP contribution in [-0.4, -0.2) is 24.6 Å². The molecule has 0 aliphatic rings. The van der Waals surface area contributed by atoms with Gasteiger partial charge in [-0.25, -0.2) is 0 Å². The monoisotopic (exact) mass is 366 g/mol. The van der Waals surface area contributed by atoms with Crippen LogP contribution in [0.4, 0.5) is 5.69 Å². The molecule has 0 fully saturated rings. The Morgan fingerprint density at radius 3 is 2.47 bits per heavy atom. The van der Waals surface area contributed by atoms with Gasteiger partial charge in [-0.2, -0.15) is 0 Å². The summed E-state index contributed by atoms with van der Waals surface area (Å²) in [5.41, 5.74) is 0.0165. The minimum Gasteiger partial charge on any atom is -0.490 e. The standard InChI is InChI=1S/C10H12Br2N2O3/c1-2-13-3-4-17-10-8(11)5-7(14(15)16)6-9(10)12/h5-6,13H,2-4H2,1H3. The van der Waals surface area contributed by atoms with Gasteiger partial charge in [0.2, 0.25) is 0 Å². The predicted octanol–water partition coefficient (Wildman–Crippen LogP) is 3.11. The minimum atomic E-state index is -0.446. The van der Waals surface area contributed by atoms with Gasteiger partial charge in [0, 0.05) is 18.7 Å². The van der Waals surface area contributed by atoms with Crippen molar-refractivity contribution in [1.29, 1.82) is 0 Å². The number of rotatable bonds is 6. The van der Waals surface area contributed by atoms with Gasteiger partial charge in [0.1, 0.15) is 12.4 Å². The summed E-state index contributed by atoms with van der Waals surface area (Å²) in [5, 5.41) is 13.8. The molecular weight excluding hydrogens is 356 g/mol.